The molecule has 6 heteroatoms. The van der Waals surface area contributed by atoms with Crippen molar-refractivity contribution in [3.8, 4) is 11.5 Å². The molecule has 1 atom stereocenters. The number of benzene rings is 1. The minimum absolute atomic E-state index is 0.370. The molecule has 1 N–H and O–H groups in total. The van der Waals surface area contributed by atoms with E-state index in [0.717, 1.165) is 6.34 Å². The lowest BCUT2D eigenvalue weighted by atomic mass is 10.2. The summed E-state index contributed by atoms with van der Waals surface area (Å²) in [7, 11) is 1.52. The van der Waals surface area contributed by atoms with Crippen LogP contribution in [0.15, 0.2) is 29.3 Å². The third kappa shape index (κ3) is 2.41. The minimum Gasteiger partial charge on any atom is -0.497 e. The summed E-state index contributed by atoms with van der Waals surface area (Å²) in [4.78, 5) is 26.2. The van der Waals surface area contributed by atoms with E-state index < -0.39 is 17.9 Å². The van der Waals surface area contributed by atoms with Gasteiger partial charge < -0.3 is 14.8 Å². The van der Waals surface area contributed by atoms with Crippen molar-refractivity contribution < 1.29 is 19.1 Å². The van der Waals surface area contributed by atoms with E-state index >= 15 is 0 Å². The highest BCUT2D eigenvalue weighted by atomic mass is 16.5. The first kappa shape index (κ1) is 11.1. The van der Waals surface area contributed by atoms with Crippen LogP contribution < -0.4 is 14.8 Å². The normalized spacial score (nSPS) is 18.8. The van der Waals surface area contributed by atoms with E-state index in [1.54, 1.807) is 24.3 Å². The van der Waals surface area contributed by atoms with Crippen LogP contribution in [0.4, 0.5) is 0 Å². The zero-order chi connectivity index (χ0) is 12.3. The summed E-state index contributed by atoms with van der Waals surface area (Å²) in [6.07, 6.45) is -0.192. The monoisotopic (exact) mass is 234 g/mol. The number of carbonyl (C=O) groups is 2. The lowest BCUT2D eigenvalue weighted by Gasteiger charge is -2.17. The number of hydrogen-bond acceptors (Lipinski definition) is 4. The fourth-order valence-corrected chi connectivity index (χ4v) is 1.33. The number of amides is 2. The van der Waals surface area contributed by atoms with Crippen LogP contribution in [-0.4, -0.2) is 31.4 Å². The van der Waals surface area contributed by atoms with E-state index in [2.05, 4.69) is 10.3 Å². The zero-order valence-corrected chi connectivity index (χ0v) is 9.04. The molecule has 0 aliphatic carbocycles. The Hall–Kier alpha value is -2.37. The number of rotatable bonds is 3. The Bertz CT molecular complexity index is 484. The van der Waals surface area contributed by atoms with Crippen molar-refractivity contribution in [2.45, 2.75) is 6.10 Å². The SMILES string of the molecule is COc1cccc(OC2C(=O)N=CNC2=O)c1. The predicted octanol–water partition coefficient (Wildman–Crippen LogP) is 0.127. The van der Waals surface area contributed by atoms with Crippen molar-refractivity contribution in [3.05, 3.63) is 24.3 Å². The van der Waals surface area contributed by atoms with Crippen LogP contribution in [0.3, 0.4) is 0 Å². The van der Waals surface area contributed by atoms with E-state index in [-0.39, 0.29) is 0 Å². The van der Waals surface area contributed by atoms with Crippen LogP contribution >= 0.6 is 0 Å². The summed E-state index contributed by atoms with van der Waals surface area (Å²) in [5, 5.41) is 2.30. The number of hydrogen-bond donors (Lipinski definition) is 1. The van der Waals surface area contributed by atoms with E-state index in [9.17, 15) is 9.59 Å². The molecule has 88 valence electrons. The Labute approximate surface area is 97.2 Å². The molecule has 0 radical (unpaired) electrons. The van der Waals surface area contributed by atoms with Crippen molar-refractivity contribution in [3.63, 3.8) is 0 Å². The molecule has 0 saturated heterocycles. The van der Waals surface area contributed by atoms with Gasteiger partial charge in [0.1, 0.15) is 11.5 Å². The topological polar surface area (TPSA) is 77.0 Å². The van der Waals surface area contributed by atoms with Crippen LogP contribution in [0.5, 0.6) is 11.5 Å². The van der Waals surface area contributed by atoms with E-state index in [0.29, 0.717) is 11.5 Å². The first-order valence-corrected chi connectivity index (χ1v) is 4.88. The maximum atomic E-state index is 11.4. The van der Waals surface area contributed by atoms with Gasteiger partial charge in [-0.05, 0) is 12.1 Å². The third-order valence-electron chi connectivity index (χ3n) is 2.16. The average Bonchev–Trinajstić information content (AvgIpc) is 2.34. The number of carbonyl (C=O) groups excluding carboxylic acids is 2. The zero-order valence-electron chi connectivity index (χ0n) is 9.04. The molecule has 0 aromatic heterocycles. The molecule has 1 aliphatic heterocycles. The minimum atomic E-state index is -1.24. The number of ether oxygens (including phenoxy) is 2. The van der Waals surface area contributed by atoms with Gasteiger partial charge in [0, 0.05) is 6.07 Å². The first-order chi connectivity index (χ1) is 8.20. The fraction of sp³-hybridized carbons (Fsp3) is 0.182. The molecule has 0 bridgehead atoms. The lowest BCUT2D eigenvalue weighted by Crippen LogP contribution is -2.46. The van der Waals surface area contributed by atoms with Gasteiger partial charge >= 0.3 is 0 Å². The van der Waals surface area contributed by atoms with Gasteiger partial charge in [0.2, 0.25) is 0 Å². The predicted molar refractivity (Wildman–Crippen MR) is 59.1 cm³/mol. The smallest absolute Gasteiger partial charge is 0.298 e. The summed E-state index contributed by atoms with van der Waals surface area (Å²) in [5.41, 5.74) is 0. The van der Waals surface area contributed by atoms with Crippen molar-refractivity contribution >= 4 is 18.2 Å². The van der Waals surface area contributed by atoms with Crippen LogP contribution in [0.25, 0.3) is 0 Å². The summed E-state index contributed by atoms with van der Waals surface area (Å²) < 4.78 is 10.3. The van der Waals surface area contributed by atoms with Crippen molar-refractivity contribution in [2.24, 2.45) is 4.99 Å². The molecule has 2 amide bonds. The van der Waals surface area contributed by atoms with Gasteiger partial charge in [0.25, 0.3) is 17.9 Å². The molecule has 1 aromatic rings. The second kappa shape index (κ2) is 4.65. The standard InChI is InChI=1S/C11H10N2O4/c1-16-7-3-2-4-8(5-7)17-9-10(14)12-6-13-11(9)15/h2-6,9H,1H3,(H,12,13,14,15). The van der Waals surface area contributed by atoms with Crippen LogP contribution in [0, 0.1) is 0 Å². The van der Waals surface area contributed by atoms with E-state index in [1.807, 2.05) is 0 Å². The molecular formula is C11H10N2O4. The van der Waals surface area contributed by atoms with Gasteiger partial charge in [-0.25, -0.2) is 0 Å². The number of nitrogens with one attached hydrogen (secondary N) is 1. The quantitative estimate of drug-likeness (QED) is 0.754. The van der Waals surface area contributed by atoms with Gasteiger partial charge in [-0.15, -0.1) is 0 Å². The molecular weight excluding hydrogens is 224 g/mol. The lowest BCUT2D eigenvalue weighted by molar-refractivity contribution is -0.137. The number of methoxy groups -OCH3 is 1. The van der Waals surface area contributed by atoms with Crippen molar-refractivity contribution in [1.29, 1.82) is 0 Å². The van der Waals surface area contributed by atoms with Gasteiger partial charge in [0.15, 0.2) is 0 Å². The van der Waals surface area contributed by atoms with Gasteiger partial charge in [-0.2, -0.15) is 4.99 Å². The maximum absolute atomic E-state index is 11.4. The number of aliphatic imine (C=N–C) groups is 1. The Balaban J connectivity index is 2.17. The largest absolute Gasteiger partial charge is 0.497 e. The van der Waals surface area contributed by atoms with Crippen LogP contribution in [0.2, 0.25) is 0 Å². The van der Waals surface area contributed by atoms with Gasteiger partial charge in [0.05, 0.1) is 13.4 Å². The summed E-state index contributed by atoms with van der Waals surface area (Å²) >= 11 is 0. The second-order valence-electron chi connectivity index (χ2n) is 3.28. The molecule has 17 heavy (non-hydrogen) atoms. The maximum Gasteiger partial charge on any atom is 0.298 e. The van der Waals surface area contributed by atoms with E-state index in [4.69, 9.17) is 9.47 Å². The second-order valence-corrected chi connectivity index (χ2v) is 3.28. The fourth-order valence-electron chi connectivity index (χ4n) is 1.33. The van der Waals surface area contributed by atoms with Crippen LogP contribution in [0.1, 0.15) is 0 Å². The highest BCUT2D eigenvalue weighted by Gasteiger charge is 2.30. The Morgan fingerprint density at radius 3 is 2.76 bits per heavy atom. The Kier molecular flexibility index (Phi) is 3.04. The van der Waals surface area contributed by atoms with Crippen molar-refractivity contribution in [2.75, 3.05) is 7.11 Å². The molecule has 1 aromatic carbocycles. The average molecular weight is 234 g/mol. The first-order valence-electron chi connectivity index (χ1n) is 4.88. The molecule has 6 nitrogen and oxygen atoms in total. The van der Waals surface area contributed by atoms with E-state index in [1.165, 1.54) is 7.11 Å². The number of nitrogens with zero attached hydrogens (tertiary/aromatic N) is 1. The third-order valence-corrected chi connectivity index (χ3v) is 2.16. The molecule has 1 heterocycles. The molecule has 1 unspecified atom stereocenters. The van der Waals surface area contributed by atoms with Gasteiger partial charge in [-0.3, -0.25) is 9.59 Å². The Morgan fingerprint density at radius 1 is 1.29 bits per heavy atom. The molecule has 0 spiro atoms. The molecule has 1 aliphatic rings. The van der Waals surface area contributed by atoms with Crippen molar-refractivity contribution in [1.82, 2.24) is 5.32 Å². The molecule has 2 rings (SSSR count). The summed E-state index contributed by atoms with van der Waals surface area (Å²) in [6, 6.07) is 6.64. The molecule has 0 saturated carbocycles. The molecule has 0 fully saturated rings. The van der Waals surface area contributed by atoms with Gasteiger partial charge in [-0.1, -0.05) is 6.07 Å². The highest BCUT2D eigenvalue weighted by molar-refractivity contribution is 6.12. The highest BCUT2D eigenvalue weighted by Crippen LogP contribution is 2.20. The van der Waals surface area contributed by atoms with Crippen LogP contribution in [-0.2, 0) is 9.59 Å². The summed E-state index contributed by atoms with van der Waals surface area (Å²) in [6.45, 7) is 0. The summed E-state index contributed by atoms with van der Waals surface area (Å²) in [5.74, 6) is -0.214. The Morgan fingerprint density at radius 2 is 2.06 bits per heavy atom.